The van der Waals surface area contributed by atoms with Crippen molar-refractivity contribution in [3.8, 4) is 5.75 Å². The zero-order chi connectivity index (χ0) is 27.2. The number of methoxy groups -OCH3 is 1. The number of halogens is 2. The van der Waals surface area contributed by atoms with Crippen molar-refractivity contribution in [2.75, 3.05) is 20.3 Å². The lowest BCUT2D eigenvalue weighted by Crippen LogP contribution is -2.50. The van der Waals surface area contributed by atoms with Crippen LogP contribution < -0.4 is 10.1 Å². The fraction of sp³-hybridized carbons (Fsp3) is 0.320. The smallest absolute Gasteiger partial charge is 0.308 e. The van der Waals surface area contributed by atoms with E-state index in [4.69, 9.17) is 21.1 Å². The lowest BCUT2D eigenvalue weighted by atomic mass is 10.1. The largest absolute Gasteiger partial charge is 0.496 e. The van der Waals surface area contributed by atoms with E-state index in [0.29, 0.717) is 10.7 Å². The molecule has 0 saturated carbocycles. The molecule has 1 atom stereocenters. The van der Waals surface area contributed by atoms with Gasteiger partial charge in [0.15, 0.2) is 0 Å². The molecule has 37 heavy (non-hydrogen) atoms. The highest BCUT2D eigenvalue weighted by atomic mass is 35.5. The van der Waals surface area contributed by atoms with Crippen molar-refractivity contribution >= 4 is 45.5 Å². The van der Waals surface area contributed by atoms with Gasteiger partial charge in [-0.05, 0) is 55.0 Å². The molecule has 0 radical (unpaired) electrons. The van der Waals surface area contributed by atoms with Crippen LogP contribution in [0.4, 0.5) is 4.39 Å². The number of benzene rings is 2. The van der Waals surface area contributed by atoms with Crippen LogP contribution in [0.15, 0.2) is 52.9 Å². The third-order valence-electron chi connectivity index (χ3n) is 5.53. The van der Waals surface area contributed by atoms with E-state index in [1.165, 1.54) is 43.5 Å². The number of nitrogens with zero attached hydrogens (tertiary/aromatic N) is 1. The number of sulfonamides is 1. The van der Waals surface area contributed by atoms with Gasteiger partial charge in [-0.25, -0.2) is 17.1 Å². The van der Waals surface area contributed by atoms with Crippen LogP contribution in [-0.4, -0.2) is 56.8 Å². The van der Waals surface area contributed by atoms with Crippen molar-refractivity contribution in [2.45, 2.75) is 37.1 Å². The molecule has 9 nitrogen and oxygen atoms in total. The van der Waals surface area contributed by atoms with Gasteiger partial charge in [-0.1, -0.05) is 24.9 Å². The average molecular weight is 553 g/mol. The quantitative estimate of drug-likeness (QED) is 0.288. The minimum atomic E-state index is -4.64. The highest BCUT2D eigenvalue weighted by Crippen LogP contribution is 2.28. The fourth-order valence-corrected chi connectivity index (χ4v) is 5.28. The minimum absolute atomic E-state index is 0.0894. The second-order valence-electron chi connectivity index (χ2n) is 8.13. The average Bonchev–Trinajstić information content (AvgIpc) is 2.96. The summed E-state index contributed by atoms with van der Waals surface area (Å²) < 4.78 is 51.9. The Hall–Kier alpha value is -3.44. The molecule has 1 N–H and O–H groups in total. The van der Waals surface area contributed by atoms with E-state index in [1.54, 1.807) is 0 Å². The lowest BCUT2D eigenvalue weighted by Gasteiger charge is -2.27. The van der Waals surface area contributed by atoms with E-state index in [-0.39, 0.29) is 40.0 Å². The van der Waals surface area contributed by atoms with Gasteiger partial charge in [-0.2, -0.15) is 0 Å². The number of hydrogen-bond donors (Lipinski definition) is 1. The van der Waals surface area contributed by atoms with Gasteiger partial charge in [-0.15, -0.1) is 0 Å². The molecule has 3 rings (SSSR count). The van der Waals surface area contributed by atoms with E-state index < -0.39 is 46.1 Å². The first kappa shape index (κ1) is 28.1. The third-order valence-corrected chi connectivity index (χ3v) is 7.58. The summed E-state index contributed by atoms with van der Waals surface area (Å²) in [4.78, 5) is 38.9. The van der Waals surface area contributed by atoms with Crippen molar-refractivity contribution < 1.29 is 36.7 Å². The molecule has 1 aliphatic rings. The summed E-state index contributed by atoms with van der Waals surface area (Å²) in [5.74, 6) is -3.16. The van der Waals surface area contributed by atoms with Crippen LogP contribution in [0.25, 0.3) is 6.08 Å². The highest BCUT2D eigenvalue weighted by molar-refractivity contribution is 7.89. The Morgan fingerprint density at radius 2 is 1.92 bits per heavy atom. The van der Waals surface area contributed by atoms with Crippen LogP contribution in [0.5, 0.6) is 5.75 Å². The van der Waals surface area contributed by atoms with E-state index in [9.17, 15) is 27.2 Å². The molecule has 0 bridgehead atoms. The molecule has 1 heterocycles. The number of esters is 1. The number of amides is 2. The Morgan fingerprint density at radius 1 is 1.22 bits per heavy atom. The van der Waals surface area contributed by atoms with Crippen LogP contribution in [0.3, 0.4) is 0 Å². The van der Waals surface area contributed by atoms with Crippen LogP contribution in [0.1, 0.15) is 31.7 Å². The van der Waals surface area contributed by atoms with E-state index in [2.05, 4.69) is 5.32 Å². The van der Waals surface area contributed by atoms with Gasteiger partial charge in [0.25, 0.3) is 15.9 Å². The van der Waals surface area contributed by atoms with Gasteiger partial charge in [0.2, 0.25) is 5.91 Å². The number of nitrogens with one attached hydrogen (secondary N) is 1. The van der Waals surface area contributed by atoms with Crippen molar-refractivity contribution in [1.29, 1.82) is 0 Å². The van der Waals surface area contributed by atoms with Gasteiger partial charge in [-0.3, -0.25) is 14.4 Å². The maximum Gasteiger partial charge on any atom is 0.308 e. The van der Waals surface area contributed by atoms with Gasteiger partial charge in [0.05, 0.1) is 25.0 Å². The zero-order valence-electron chi connectivity index (χ0n) is 20.2. The van der Waals surface area contributed by atoms with Gasteiger partial charge in [0.1, 0.15) is 17.6 Å². The molecule has 1 aliphatic heterocycles. The maximum absolute atomic E-state index is 13.9. The summed E-state index contributed by atoms with van der Waals surface area (Å²) in [5, 5.41) is 2.74. The molecule has 2 aromatic carbocycles. The molecule has 0 aliphatic carbocycles. The molecule has 1 fully saturated rings. The van der Waals surface area contributed by atoms with Crippen LogP contribution >= 0.6 is 11.6 Å². The highest BCUT2D eigenvalue weighted by Gasteiger charge is 2.44. The fourth-order valence-electron chi connectivity index (χ4n) is 3.60. The van der Waals surface area contributed by atoms with Crippen molar-refractivity contribution in [3.63, 3.8) is 0 Å². The summed E-state index contributed by atoms with van der Waals surface area (Å²) >= 11 is 5.89. The second-order valence-corrected chi connectivity index (χ2v) is 10.4. The minimum Gasteiger partial charge on any atom is -0.496 e. The molecule has 0 unspecified atom stereocenters. The van der Waals surface area contributed by atoms with Gasteiger partial charge in [0, 0.05) is 22.7 Å². The summed E-state index contributed by atoms with van der Waals surface area (Å²) in [6, 6.07) is 6.90. The van der Waals surface area contributed by atoms with Crippen molar-refractivity contribution in [2.24, 2.45) is 0 Å². The van der Waals surface area contributed by atoms with Crippen LogP contribution in [0.2, 0.25) is 5.02 Å². The Morgan fingerprint density at radius 3 is 2.57 bits per heavy atom. The summed E-state index contributed by atoms with van der Waals surface area (Å²) in [5.41, 5.74) is -0.0157. The molecule has 2 aromatic rings. The summed E-state index contributed by atoms with van der Waals surface area (Å²) in [6.07, 6.45) is 1.88. The maximum atomic E-state index is 13.9. The molecule has 0 spiro atoms. The zero-order valence-corrected chi connectivity index (χ0v) is 21.8. The normalized spacial score (nSPS) is 17.4. The Kier molecular flexibility index (Phi) is 9.28. The van der Waals surface area contributed by atoms with Crippen molar-refractivity contribution in [3.05, 3.63) is 64.4 Å². The van der Waals surface area contributed by atoms with E-state index in [0.717, 1.165) is 18.6 Å². The summed E-state index contributed by atoms with van der Waals surface area (Å²) in [6.45, 7) is 1.62. The predicted molar refractivity (Wildman–Crippen MR) is 134 cm³/mol. The number of carbonyl (C=O) groups is 3. The third kappa shape index (κ3) is 6.66. The molecule has 198 valence electrons. The molecule has 1 saturated heterocycles. The number of hydrogen-bond acceptors (Lipinski definition) is 7. The topological polar surface area (TPSA) is 119 Å². The standard InChI is InChI=1S/C25H26ClFN2O7S/c1-3-4-11-36-23(30)14-21-24(31)28-15-17(12-16-13-19(27)7-10-22(16)35-2)25(32)29(21)37(33,34)20-8-5-18(26)6-9-20/h5-10,12-13,21H,3-4,11,14-15H2,1-2H3,(H,28,31)/b17-12+/t21-/m1/s1. The first-order valence-corrected chi connectivity index (χ1v) is 13.2. The SMILES string of the molecule is CCCCOC(=O)C[C@@H]1C(=O)NC/C(=C\c2cc(F)ccc2OC)C(=O)N1S(=O)(=O)c1ccc(Cl)cc1. The number of rotatable bonds is 9. The Balaban J connectivity index is 2.10. The monoisotopic (exact) mass is 552 g/mol. The number of ether oxygens (including phenoxy) is 2. The van der Waals surface area contributed by atoms with Gasteiger partial charge < -0.3 is 14.8 Å². The molecular formula is C25H26ClFN2O7S. The first-order valence-electron chi connectivity index (χ1n) is 11.4. The van der Waals surface area contributed by atoms with Crippen LogP contribution in [0, 0.1) is 5.82 Å². The number of carbonyl (C=O) groups excluding carboxylic acids is 3. The Labute approximate surface area is 219 Å². The van der Waals surface area contributed by atoms with Gasteiger partial charge >= 0.3 is 5.97 Å². The Bertz CT molecular complexity index is 1310. The summed E-state index contributed by atoms with van der Waals surface area (Å²) in [7, 11) is -3.29. The van der Waals surface area contributed by atoms with E-state index >= 15 is 0 Å². The molecule has 12 heteroatoms. The predicted octanol–water partition coefficient (Wildman–Crippen LogP) is 3.32. The van der Waals surface area contributed by atoms with Crippen LogP contribution in [-0.2, 0) is 29.1 Å². The number of unbranched alkanes of at least 4 members (excludes halogenated alkanes) is 1. The lowest BCUT2D eigenvalue weighted by molar-refractivity contribution is -0.147. The molecule has 0 aromatic heterocycles. The van der Waals surface area contributed by atoms with Crippen molar-refractivity contribution in [1.82, 2.24) is 9.62 Å². The second kappa shape index (κ2) is 12.2. The first-order chi connectivity index (χ1) is 17.6. The molecular weight excluding hydrogens is 527 g/mol. The van der Waals surface area contributed by atoms with E-state index in [1.807, 2.05) is 6.92 Å². The molecule has 2 amide bonds.